The number of nitrogens with two attached hydrogens (primary N) is 1. The number of rotatable bonds is 4. The van der Waals surface area contributed by atoms with Crippen molar-refractivity contribution in [2.45, 2.75) is 26.2 Å². The predicted molar refractivity (Wildman–Crippen MR) is 120 cm³/mol. The van der Waals surface area contributed by atoms with Crippen molar-refractivity contribution in [3.05, 3.63) is 70.6 Å². The van der Waals surface area contributed by atoms with Crippen molar-refractivity contribution in [3.8, 4) is 5.69 Å². The lowest BCUT2D eigenvalue weighted by Crippen LogP contribution is -2.32. The molecule has 3 amide bonds. The molecule has 0 unspecified atom stereocenters. The van der Waals surface area contributed by atoms with Crippen LogP contribution >= 0.6 is 11.6 Å². The van der Waals surface area contributed by atoms with Gasteiger partial charge >= 0.3 is 6.03 Å². The van der Waals surface area contributed by atoms with E-state index in [0.29, 0.717) is 16.5 Å². The van der Waals surface area contributed by atoms with Crippen molar-refractivity contribution in [3.63, 3.8) is 0 Å². The molecule has 3 aromatic rings. The number of hydrogen-bond donors (Lipinski definition) is 2. The molecule has 0 saturated carbocycles. The third-order valence-electron chi connectivity index (χ3n) is 4.65. The van der Waals surface area contributed by atoms with Gasteiger partial charge in [0.1, 0.15) is 11.6 Å². The first kappa shape index (κ1) is 22.3. The Morgan fingerprint density at radius 2 is 1.87 bits per heavy atom. The topological polar surface area (TPSA) is 93.2 Å². The Labute approximate surface area is 184 Å². The van der Waals surface area contributed by atoms with E-state index in [9.17, 15) is 14.0 Å². The highest BCUT2D eigenvalue weighted by Gasteiger charge is 2.24. The summed E-state index contributed by atoms with van der Waals surface area (Å²) in [6.45, 7) is 6.06. The fourth-order valence-corrected chi connectivity index (χ4v) is 3.06. The van der Waals surface area contributed by atoms with Crippen molar-refractivity contribution in [2.24, 2.45) is 5.73 Å². The summed E-state index contributed by atoms with van der Waals surface area (Å²) >= 11 is 6.14. The van der Waals surface area contributed by atoms with Gasteiger partial charge < -0.3 is 11.1 Å². The van der Waals surface area contributed by atoms with E-state index in [1.807, 2.05) is 32.9 Å². The van der Waals surface area contributed by atoms with Crippen LogP contribution in [0.25, 0.3) is 5.69 Å². The van der Waals surface area contributed by atoms with Crippen LogP contribution in [-0.4, -0.2) is 28.8 Å². The van der Waals surface area contributed by atoms with E-state index in [-0.39, 0.29) is 16.7 Å². The number of carbonyl (C=O) groups excluding carboxylic acids is 2. The van der Waals surface area contributed by atoms with Gasteiger partial charge in [0.25, 0.3) is 5.91 Å². The number of halogens is 2. The largest absolute Gasteiger partial charge is 0.366 e. The minimum atomic E-state index is -0.882. The number of aromatic nitrogens is 2. The average Bonchev–Trinajstić information content (AvgIpc) is 3.13. The van der Waals surface area contributed by atoms with E-state index < -0.39 is 17.8 Å². The maximum atomic E-state index is 14.0. The molecule has 0 atom stereocenters. The summed E-state index contributed by atoms with van der Waals surface area (Å²) in [5.41, 5.74) is 6.26. The van der Waals surface area contributed by atoms with Gasteiger partial charge in [-0.15, -0.1) is 0 Å². The first-order chi connectivity index (χ1) is 14.5. The molecule has 7 nitrogen and oxygen atoms in total. The molecule has 31 heavy (non-hydrogen) atoms. The van der Waals surface area contributed by atoms with Crippen molar-refractivity contribution in [1.82, 2.24) is 9.78 Å². The number of amides is 3. The van der Waals surface area contributed by atoms with Crippen LogP contribution in [0.5, 0.6) is 0 Å². The molecule has 0 aliphatic heterocycles. The standard InChI is InChI=1S/C22H23ClFN5O2/c1-22(2,3)18-12-19(29(27-18)15-7-5-6-13(23)10-15)28(4)21(31)26-14-8-9-16(20(25)30)17(24)11-14/h5-12H,1-4H3,(H2,25,30)(H,26,31). The van der Waals surface area contributed by atoms with Crippen LogP contribution in [0.1, 0.15) is 36.8 Å². The SMILES string of the molecule is CN(C(=O)Nc1ccc(C(N)=O)c(F)c1)c1cc(C(C)(C)C)nn1-c1cccc(Cl)c1. The van der Waals surface area contributed by atoms with E-state index in [1.165, 1.54) is 17.0 Å². The van der Waals surface area contributed by atoms with Gasteiger partial charge in [0, 0.05) is 29.2 Å². The van der Waals surface area contributed by atoms with E-state index in [0.717, 1.165) is 11.8 Å². The summed E-state index contributed by atoms with van der Waals surface area (Å²) < 4.78 is 15.7. The van der Waals surface area contributed by atoms with Gasteiger partial charge in [0.05, 0.1) is 16.9 Å². The fraction of sp³-hybridized carbons (Fsp3) is 0.227. The quantitative estimate of drug-likeness (QED) is 0.610. The van der Waals surface area contributed by atoms with Crippen molar-refractivity contribution < 1.29 is 14.0 Å². The van der Waals surface area contributed by atoms with E-state index in [4.69, 9.17) is 17.3 Å². The van der Waals surface area contributed by atoms with Crippen molar-refractivity contribution in [1.29, 1.82) is 0 Å². The minimum Gasteiger partial charge on any atom is -0.366 e. The molecule has 3 N–H and O–H groups in total. The molecule has 1 aromatic heterocycles. The van der Waals surface area contributed by atoms with Gasteiger partial charge in [-0.05, 0) is 36.4 Å². The Bertz CT molecular complexity index is 1150. The molecule has 0 aliphatic rings. The lowest BCUT2D eigenvalue weighted by Gasteiger charge is -2.19. The van der Waals surface area contributed by atoms with Crippen molar-refractivity contribution in [2.75, 3.05) is 17.3 Å². The first-order valence-electron chi connectivity index (χ1n) is 9.48. The van der Waals surface area contributed by atoms with Gasteiger partial charge in [-0.3, -0.25) is 9.69 Å². The van der Waals surface area contributed by atoms with Crippen LogP contribution in [0, 0.1) is 5.82 Å². The lowest BCUT2D eigenvalue weighted by molar-refractivity contribution is 0.0996. The van der Waals surface area contributed by atoms with Crippen LogP contribution in [0.15, 0.2) is 48.5 Å². The first-order valence-corrected chi connectivity index (χ1v) is 9.85. The number of hydrogen-bond acceptors (Lipinski definition) is 3. The molecule has 0 spiro atoms. The number of benzene rings is 2. The molecular weight excluding hydrogens is 421 g/mol. The Morgan fingerprint density at radius 1 is 1.16 bits per heavy atom. The molecule has 2 aromatic carbocycles. The molecular formula is C22H23ClFN5O2. The zero-order valence-corrected chi connectivity index (χ0v) is 18.4. The van der Waals surface area contributed by atoms with Crippen LogP contribution in [0.2, 0.25) is 5.02 Å². The highest BCUT2D eigenvalue weighted by molar-refractivity contribution is 6.30. The number of urea groups is 1. The maximum absolute atomic E-state index is 14.0. The monoisotopic (exact) mass is 443 g/mol. The van der Waals surface area contributed by atoms with Crippen LogP contribution in [0.3, 0.4) is 0 Å². The minimum absolute atomic E-state index is 0.184. The van der Waals surface area contributed by atoms with Crippen molar-refractivity contribution >= 4 is 35.0 Å². The normalized spacial score (nSPS) is 11.3. The zero-order valence-electron chi connectivity index (χ0n) is 17.6. The van der Waals surface area contributed by atoms with Crippen LogP contribution in [0.4, 0.5) is 20.7 Å². The second-order valence-electron chi connectivity index (χ2n) is 8.08. The van der Waals surface area contributed by atoms with Crippen LogP contribution < -0.4 is 16.0 Å². The Balaban J connectivity index is 1.95. The highest BCUT2D eigenvalue weighted by Crippen LogP contribution is 2.29. The molecule has 162 valence electrons. The fourth-order valence-electron chi connectivity index (χ4n) is 2.88. The lowest BCUT2D eigenvalue weighted by atomic mass is 9.92. The van der Waals surface area contributed by atoms with E-state index in [1.54, 1.807) is 29.9 Å². The molecule has 0 radical (unpaired) electrons. The summed E-state index contributed by atoms with van der Waals surface area (Å²) in [4.78, 5) is 25.4. The third-order valence-corrected chi connectivity index (χ3v) is 4.88. The Hall–Kier alpha value is -3.39. The smallest absolute Gasteiger partial charge is 0.327 e. The van der Waals surface area contributed by atoms with E-state index in [2.05, 4.69) is 10.4 Å². The number of nitrogens with one attached hydrogen (secondary N) is 1. The van der Waals surface area contributed by atoms with Gasteiger partial charge in [-0.2, -0.15) is 5.10 Å². The van der Waals surface area contributed by atoms with Gasteiger partial charge in [-0.25, -0.2) is 13.9 Å². The molecule has 1 heterocycles. The molecule has 0 bridgehead atoms. The highest BCUT2D eigenvalue weighted by atomic mass is 35.5. The Kier molecular flexibility index (Phi) is 6.03. The number of primary amides is 1. The van der Waals surface area contributed by atoms with Crippen LogP contribution in [-0.2, 0) is 5.41 Å². The summed E-state index contributed by atoms with van der Waals surface area (Å²) in [5, 5.41) is 7.82. The average molecular weight is 444 g/mol. The van der Waals surface area contributed by atoms with Gasteiger partial charge in [0.2, 0.25) is 0 Å². The number of carbonyl (C=O) groups is 2. The summed E-state index contributed by atoms with van der Waals surface area (Å²) in [7, 11) is 1.58. The molecule has 0 aliphatic carbocycles. The predicted octanol–water partition coefficient (Wildman–Crippen LogP) is 4.73. The Morgan fingerprint density at radius 3 is 2.45 bits per heavy atom. The summed E-state index contributed by atoms with van der Waals surface area (Å²) in [5.74, 6) is -1.20. The van der Waals surface area contributed by atoms with Gasteiger partial charge in [-0.1, -0.05) is 38.4 Å². The zero-order chi connectivity index (χ0) is 22.9. The maximum Gasteiger partial charge on any atom is 0.327 e. The molecule has 0 saturated heterocycles. The molecule has 0 fully saturated rings. The summed E-state index contributed by atoms with van der Waals surface area (Å²) in [6.07, 6.45) is 0. The third kappa shape index (κ3) is 4.86. The number of nitrogens with zero attached hydrogens (tertiary/aromatic N) is 3. The van der Waals surface area contributed by atoms with E-state index >= 15 is 0 Å². The second kappa shape index (κ2) is 8.39. The molecule has 9 heteroatoms. The molecule has 3 rings (SSSR count). The number of anilines is 2. The second-order valence-corrected chi connectivity index (χ2v) is 8.51. The summed E-state index contributed by atoms with van der Waals surface area (Å²) in [6, 6.07) is 12.1. The van der Waals surface area contributed by atoms with Gasteiger partial charge in [0.15, 0.2) is 0 Å².